The fourth-order valence-electron chi connectivity index (χ4n) is 3.58. The van der Waals surface area contributed by atoms with Crippen LogP contribution in [-0.2, 0) is 6.42 Å². The maximum Gasteiger partial charge on any atom is 0.109 e. The van der Waals surface area contributed by atoms with E-state index in [1.165, 1.54) is 22.5 Å². The van der Waals surface area contributed by atoms with E-state index in [1.54, 1.807) is 0 Å². The molecule has 1 N–H and O–H groups in total. The number of aliphatic hydroxyl groups excluding tert-OH is 1. The van der Waals surface area contributed by atoms with Gasteiger partial charge < -0.3 is 14.9 Å². The Hall–Kier alpha value is -2.59. The van der Waals surface area contributed by atoms with Gasteiger partial charge >= 0.3 is 0 Å². The second-order valence-corrected chi connectivity index (χ2v) is 8.10. The summed E-state index contributed by atoms with van der Waals surface area (Å²) in [5, 5.41) is 11.0. The standard InChI is InChI=1S/C25H33N3O/c1-18(2)27(4)24-23(26-22(17-29)16-20-12-8-6-9-13-20)25(24)28(5)19(3)21-14-10-7-11-15-21/h6-15,18-19,22,29H,16-17H2,1-5H3/t19-,22-/m0/s1. The molecule has 29 heavy (non-hydrogen) atoms. The van der Waals surface area contributed by atoms with Crippen molar-refractivity contribution in [2.45, 2.75) is 45.3 Å². The maximum absolute atomic E-state index is 9.96. The smallest absolute Gasteiger partial charge is 0.109 e. The Kier molecular flexibility index (Phi) is 6.75. The lowest BCUT2D eigenvalue weighted by Gasteiger charge is -2.26. The molecule has 0 amide bonds. The Morgan fingerprint density at radius 3 is 1.93 bits per heavy atom. The van der Waals surface area contributed by atoms with E-state index in [0.717, 1.165) is 11.8 Å². The van der Waals surface area contributed by atoms with Crippen LogP contribution in [-0.4, -0.2) is 37.9 Å². The Morgan fingerprint density at radius 1 is 0.828 bits per heavy atom. The van der Waals surface area contributed by atoms with Gasteiger partial charge in [0.25, 0.3) is 0 Å². The quantitative estimate of drug-likeness (QED) is 0.597. The first-order valence-corrected chi connectivity index (χ1v) is 10.4. The van der Waals surface area contributed by atoms with E-state index < -0.39 is 0 Å². The van der Waals surface area contributed by atoms with E-state index >= 15 is 0 Å². The van der Waals surface area contributed by atoms with Crippen molar-refractivity contribution < 1.29 is 5.11 Å². The zero-order valence-electron chi connectivity index (χ0n) is 18.2. The minimum Gasteiger partial charge on any atom is -0.394 e. The van der Waals surface area contributed by atoms with Crippen LogP contribution in [0.1, 0.15) is 37.9 Å². The molecule has 3 aromatic rings. The average molecular weight is 392 g/mol. The molecule has 0 spiro atoms. The molecular formula is C25H33N3O. The van der Waals surface area contributed by atoms with Crippen LogP contribution in [0.5, 0.6) is 0 Å². The topological polar surface area (TPSA) is 39.1 Å². The Balaban J connectivity index is 1.90. The lowest BCUT2D eigenvalue weighted by Crippen LogP contribution is -2.25. The van der Waals surface area contributed by atoms with E-state index in [0.29, 0.717) is 6.04 Å². The van der Waals surface area contributed by atoms with Gasteiger partial charge in [-0.1, -0.05) is 60.7 Å². The molecule has 0 aromatic heterocycles. The van der Waals surface area contributed by atoms with E-state index in [4.69, 9.17) is 4.99 Å². The number of hydrogen-bond acceptors (Lipinski definition) is 4. The van der Waals surface area contributed by atoms with Crippen LogP contribution in [0.4, 0.5) is 11.4 Å². The van der Waals surface area contributed by atoms with Crippen LogP contribution < -0.4 is 15.2 Å². The predicted molar refractivity (Wildman–Crippen MR) is 122 cm³/mol. The Labute approximate surface area is 174 Å². The fourth-order valence-corrected chi connectivity index (χ4v) is 3.58. The minimum absolute atomic E-state index is 0.0439. The third kappa shape index (κ3) is 4.88. The van der Waals surface area contributed by atoms with E-state index in [-0.39, 0.29) is 18.7 Å². The monoisotopic (exact) mass is 391 g/mol. The number of benzene rings is 2. The molecule has 0 bridgehead atoms. The number of anilines is 2. The molecule has 0 aliphatic carbocycles. The number of rotatable bonds is 9. The van der Waals surface area contributed by atoms with Crippen molar-refractivity contribution in [2.75, 3.05) is 30.5 Å². The van der Waals surface area contributed by atoms with E-state index in [9.17, 15) is 5.11 Å². The van der Waals surface area contributed by atoms with Gasteiger partial charge in [0.1, 0.15) is 5.36 Å². The van der Waals surface area contributed by atoms with Gasteiger partial charge in [-0.25, -0.2) is 0 Å². The summed E-state index contributed by atoms with van der Waals surface area (Å²) in [6, 6.07) is 21.3. The minimum atomic E-state index is -0.138. The Bertz CT molecular complexity index is 910. The molecule has 4 nitrogen and oxygen atoms in total. The van der Waals surface area contributed by atoms with Gasteiger partial charge in [-0.05, 0) is 38.3 Å². The van der Waals surface area contributed by atoms with Gasteiger partial charge in [-0.15, -0.1) is 0 Å². The Morgan fingerprint density at radius 2 is 1.38 bits per heavy atom. The van der Waals surface area contributed by atoms with Crippen LogP contribution in [0, 0.1) is 0 Å². The molecule has 0 fully saturated rings. The summed E-state index contributed by atoms with van der Waals surface area (Å²) in [7, 11) is 4.25. The van der Waals surface area contributed by atoms with Crippen LogP contribution in [0.15, 0.2) is 65.7 Å². The van der Waals surface area contributed by atoms with Crippen molar-refractivity contribution in [1.82, 2.24) is 0 Å². The third-order valence-electron chi connectivity index (χ3n) is 5.79. The van der Waals surface area contributed by atoms with Crippen molar-refractivity contribution in [3.8, 4) is 0 Å². The molecule has 0 unspecified atom stereocenters. The molecule has 0 heterocycles. The first kappa shape index (κ1) is 21.1. The van der Waals surface area contributed by atoms with Crippen molar-refractivity contribution in [3.63, 3.8) is 0 Å². The van der Waals surface area contributed by atoms with Crippen LogP contribution in [0.25, 0.3) is 0 Å². The summed E-state index contributed by atoms with van der Waals surface area (Å²) in [6.45, 7) is 6.64. The van der Waals surface area contributed by atoms with Gasteiger partial charge in [-0.3, -0.25) is 4.99 Å². The lowest BCUT2D eigenvalue weighted by atomic mass is 10.1. The van der Waals surface area contributed by atoms with Crippen molar-refractivity contribution in [2.24, 2.45) is 4.99 Å². The summed E-state index contributed by atoms with van der Waals surface area (Å²) >= 11 is 0. The largest absolute Gasteiger partial charge is 0.394 e. The van der Waals surface area contributed by atoms with E-state index in [1.807, 2.05) is 24.3 Å². The summed E-state index contributed by atoms with van der Waals surface area (Å²) in [5.74, 6) is 0. The lowest BCUT2D eigenvalue weighted by molar-refractivity contribution is 0.264. The highest BCUT2D eigenvalue weighted by atomic mass is 16.3. The zero-order chi connectivity index (χ0) is 21.0. The molecule has 0 saturated carbocycles. The van der Waals surface area contributed by atoms with Gasteiger partial charge in [0, 0.05) is 20.1 Å². The summed E-state index contributed by atoms with van der Waals surface area (Å²) < 4.78 is 0. The SMILES string of the molecule is CC(C)N(C)c1c(N(C)[C@@H](C)c2ccccc2)c1=N[C@H](CO)Cc1ccccc1. The fraction of sp³-hybridized carbons (Fsp3) is 0.400. The molecule has 0 saturated heterocycles. The highest BCUT2D eigenvalue weighted by Crippen LogP contribution is 2.37. The molecule has 0 aliphatic rings. The molecule has 3 rings (SSSR count). The van der Waals surface area contributed by atoms with Gasteiger partial charge in [-0.2, -0.15) is 0 Å². The zero-order valence-corrected chi connectivity index (χ0v) is 18.2. The first-order valence-electron chi connectivity index (χ1n) is 10.4. The van der Waals surface area contributed by atoms with Gasteiger partial charge in [0.2, 0.25) is 0 Å². The van der Waals surface area contributed by atoms with Crippen molar-refractivity contribution in [1.29, 1.82) is 0 Å². The predicted octanol–water partition coefficient (Wildman–Crippen LogP) is 4.11. The van der Waals surface area contributed by atoms with Crippen LogP contribution >= 0.6 is 0 Å². The maximum atomic E-state index is 9.96. The van der Waals surface area contributed by atoms with Crippen molar-refractivity contribution in [3.05, 3.63) is 77.1 Å². The first-order chi connectivity index (χ1) is 13.9. The van der Waals surface area contributed by atoms with Gasteiger partial charge in [0.15, 0.2) is 0 Å². The summed E-state index contributed by atoms with van der Waals surface area (Å²) in [6.07, 6.45) is 0.741. The van der Waals surface area contributed by atoms with Gasteiger partial charge in [0.05, 0.1) is 30.1 Å². The second-order valence-electron chi connectivity index (χ2n) is 8.10. The molecule has 0 aliphatic heterocycles. The average Bonchev–Trinajstić information content (AvgIpc) is 3.46. The highest BCUT2D eigenvalue weighted by Gasteiger charge is 2.31. The molecule has 154 valence electrons. The third-order valence-corrected chi connectivity index (χ3v) is 5.79. The number of nitrogens with zero attached hydrogens (tertiary/aromatic N) is 3. The molecule has 4 heteroatoms. The molecule has 0 radical (unpaired) electrons. The molecule has 2 atom stereocenters. The highest BCUT2D eigenvalue weighted by molar-refractivity contribution is 5.85. The second kappa shape index (κ2) is 9.27. The normalized spacial score (nSPS) is 14.4. The van der Waals surface area contributed by atoms with E-state index in [2.05, 4.69) is 81.1 Å². The number of hydrogen-bond donors (Lipinski definition) is 1. The molecule has 3 aromatic carbocycles. The molecular weight excluding hydrogens is 358 g/mol. The van der Waals surface area contributed by atoms with Crippen molar-refractivity contribution >= 4 is 11.4 Å². The summed E-state index contributed by atoms with van der Waals surface area (Å²) in [5.41, 5.74) is 4.85. The number of aliphatic hydroxyl groups is 1. The van der Waals surface area contributed by atoms with Crippen LogP contribution in [0.3, 0.4) is 0 Å². The van der Waals surface area contributed by atoms with Crippen LogP contribution in [0.2, 0.25) is 0 Å². The summed E-state index contributed by atoms with van der Waals surface area (Å²) in [4.78, 5) is 9.56.